The summed E-state index contributed by atoms with van der Waals surface area (Å²) in [5.41, 5.74) is 2.50. The van der Waals surface area contributed by atoms with Gasteiger partial charge in [-0.3, -0.25) is 9.69 Å². The molecular formula is C21H25N3OS. The van der Waals surface area contributed by atoms with Gasteiger partial charge >= 0.3 is 0 Å². The molecule has 26 heavy (non-hydrogen) atoms. The van der Waals surface area contributed by atoms with E-state index in [9.17, 15) is 4.79 Å². The number of H-pyrrole nitrogens is 1. The van der Waals surface area contributed by atoms with Crippen molar-refractivity contribution in [3.8, 4) is 0 Å². The van der Waals surface area contributed by atoms with Gasteiger partial charge in [0.15, 0.2) is 0 Å². The number of nitrogens with zero attached hydrogens (tertiary/aromatic N) is 2. The summed E-state index contributed by atoms with van der Waals surface area (Å²) in [6, 6.07) is 10.8. The van der Waals surface area contributed by atoms with Crippen molar-refractivity contribution in [1.82, 2.24) is 14.9 Å². The Bertz CT molecular complexity index is 953. The topological polar surface area (TPSA) is 49.0 Å². The van der Waals surface area contributed by atoms with Gasteiger partial charge in [-0.05, 0) is 63.2 Å². The number of fused-ring (bicyclic) bond motifs is 1. The van der Waals surface area contributed by atoms with Crippen LogP contribution in [0, 0.1) is 19.8 Å². The van der Waals surface area contributed by atoms with Crippen LogP contribution in [0.25, 0.3) is 10.2 Å². The third kappa shape index (κ3) is 3.60. The van der Waals surface area contributed by atoms with E-state index in [1.807, 2.05) is 6.92 Å². The van der Waals surface area contributed by atoms with E-state index in [0.29, 0.717) is 0 Å². The lowest BCUT2D eigenvalue weighted by Gasteiger charge is -2.31. The fraction of sp³-hybridized carbons (Fsp3) is 0.429. The third-order valence-electron chi connectivity index (χ3n) is 5.54. The monoisotopic (exact) mass is 367 g/mol. The van der Waals surface area contributed by atoms with Crippen LogP contribution < -0.4 is 5.56 Å². The normalized spacial score (nSPS) is 16.4. The maximum absolute atomic E-state index is 12.4. The van der Waals surface area contributed by atoms with E-state index in [1.54, 1.807) is 11.3 Å². The summed E-state index contributed by atoms with van der Waals surface area (Å²) in [5, 5.41) is 0.762. The molecule has 4 nitrogen and oxygen atoms in total. The smallest absolute Gasteiger partial charge is 0.259 e. The minimum Gasteiger partial charge on any atom is -0.309 e. The van der Waals surface area contributed by atoms with Crippen LogP contribution in [0.5, 0.6) is 0 Å². The van der Waals surface area contributed by atoms with Crippen molar-refractivity contribution in [2.75, 3.05) is 13.1 Å². The van der Waals surface area contributed by atoms with Crippen molar-refractivity contribution in [1.29, 1.82) is 0 Å². The van der Waals surface area contributed by atoms with Gasteiger partial charge in [0, 0.05) is 4.88 Å². The molecule has 0 atom stereocenters. The minimum atomic E-state index is 0.00538. The Labute approximate surface area is 157 Å². The lowest BCUT2D eigenvalue weighted by Crippen LogP contribution is -2.34. The molecule has 1 aliphatic rings. The molecule has 0 amide bonds. The Morgan fingerprint density at radius 3 is 2.65 bits per heavy atom. The number of piperidine rings is 1. The molecule has 0 spiro atoms. The Hall–Kier alpha value is -1.98. The van der Waals surface area contributed by atoms with Crippen molar-refractivity contribution in [3.05, 3.63) is 62.5 Å². The SMILES string of the molecule is Cc1sc2nc(CN3CCC(Cc4ccccc4)CC3)[nH]c(=O)c2c1C. The Morgan fingerprint density at radius 2 is 1.92 bits per heavy atom. The highest BCUT2D eigenvalue weighted by molar-refractivity contribution is 7.18. The molecule has 3 heterocycles. The second kappa shape index (κ2) is 7.33. The molecule has 0 unspecified atom stereocenters. The van der Waals surface area contributed by atoms with Crippen LogP contribution in [0.2, 0.25) is 0 Å². The first kappa shape index (κ1) is 17.4. The minimum absolute atomic E-state index is 0.00538. The first-order valence-electron chi connectivity index (χ1n) is 9.35. The Kier molecular flexibility index (Phi) is 4.92. The van der Waals surface area contributed by atoms with E-state index < -0.39 is 0 Å². The van der Waals surface area contributed by atoms with E-state index in [-0.39, 0.29) is 5.56 Å². The second-order valence-corrected chi connectivity index (χ2v) is 8.59. The molecule has 1 N–H and O–H groups in total. The molecule has 0 aliphatic carbocycles. The predicted molar refractivity (Wildman–Crippen MR) is 108 cm³/mol. The van der Waals surface area contributed by atoms with Crippen LogP contribution in [0.4, 0.5) is 0 Å². The van der Waals surface area contributed by atoms with Gasteiger partial charge in [0.1, 0.15) is 10.7 Å². The Balaban J connectivity index is 1.40. The Morgan fingerprint density at radius 1 is 1.19 bits per heavy atom. The molecule has 1 aliphatic heterocycles. The van der Waals surface area contributed by atoms with Gasteiger partial charge in [-0.1, -0.05) is 30.3 Å². The van der Waals surface area contributed by atoms with Crippen LogP contribution in [0.3, 0.4) is 0 Å². The van der Waals surface area contributed by atoms with Gasteiger partial charge in [0.2, 0.25) is 0 Å². The van der Waals surface area contributed by atoms with E-state index >= 15 is 0 Å². The van der Waals surface area contributed by atoms with Crippen molar-refractivity contribution in [3.63, 3.8) is 0 Å². The van der Waals surface area contributed by atoms with Crippen molar-refractivity contribution >= 4 is 21.6 Å². The highest BCUT2D eigenvalue weighted by Crippen LogP contribution is 2.26. The molecular weight excluding hydrogens is 342 g/mol. The molecule has 0 bridgehead atoms. The first-order valence-corrected chi connectivity index (χ1v) is 10.2. The molecule has 0 radical (unpaired) electrons. The number of aryl methyl sites for hydroxylation is 2. The predicted octanol–water partition coefficient (Wildman–Crippen LogP) is 4.06. The highest BCUT2D eigenvalue weighted by atomic mass is 32.1. The van der Waals surface area contributed by atoms with Crippen LogP contribution in [0.1, 0.15) is 34.7 Å². The molecule has 4 rings (SSSR count). The molecule has 0 saturated carbocycles. The third-order valence-corrected chi connectivity index (χ3v) is 6.64. The van der Waals surface area contributed by atoms with Crippen molar-refractivity contribution in [2.45, 2.75) is 39.7 Å². The zero-order chi connectivity index (χ0) is 18.1. The molecule has 1 saturated heterocycles. The number of nitrogens with one attached hydrogen (secondary N) is 1. The number of benzene rings is 1. The fourth-order valence-electron chi connectivity index (χ4n) is 3.88. The van der Waals surface area contributed by atoms with Crippen LogP contribution >= 0.6 is 11.3 Å². The molecule has 136 valence electrons. The van der Waals surface area contributed by atoms with Crippen molar-refractivity contribution in [2.24, 2.45) is 5.92 Å². The number of hydrogen-bond acceptors (Lipinski definition) is 4. The van der Waals surface area contributed by atoms with E-state index in [4.69, 9.17) is 4.98 Å². The van der Waals surface area contributed by atoms with Crippen molar-refractivity contribution < 1.29 is 0 Å². The number of hydrogen-bond donors (Lipinski definition) is 1. The average molecular weight is 368 g/mol. The van der Waals surface area contributed by atoms with Gasteiger partial charge in [-0.15, -0.1) is 11.3 Å². The molecule has 5 heteroatoms. The summed E-state index contributed by atoms with van der Waals surface area (Å²) in [7, 11) is 0. The second-order valence-electron chi connectivity index (χ2n) is 7.39. The summed E-state index contributed by atoms with van der Waals surface area (Å²) in [6.07, 6.45) is 3.58. The van der Waals surface area contributed by atoms with Gasteiger partial charge < -0.3 is 4.98 Å². The van der Waals surface area contributed by atoms with Gasteiger partial charge in [-0.25, -0.2) is 4.98 Å². The maximum Gasteiger partial charge on any atom is 0.259 e. The summed E-state index contributed by atoms with van der Waals surface area (Å²) in [6.45, 7) is 6.93. The zero-order valence-electron chi connectivity index (χ0n) is 15.4. The van der Waals surface area contributed by atoms with Gasteiger partial charge in [0.25, 0.3) is 5.56 Å². The summed E-state index contributed by atoms with van der Waals surface area (Å²) in [4.78, 5) is 24.6. The van der Waals surface area contributed by atoms with E-state index in [1.165, 1.54) is 29.7 Å². The average Bonchev–Trinajstić information content (AvgIpc) is 2.92. The number of rotatable bonds is 4. The van der Waals surface area contributed by atoms with Crippen LogP contribution in [-0.2, 0) is 13.0 Å². The number of thiophene rings is 1. The van der Waals surface area contributed by atoms with E-state index in [2.05, 4.69) is 47.1 Å². The molecule has 1 fully saturated rings. The summed E-state index contributed by atoms with van der Waals surface area (Å²) < 4.78 is 0. The lowest BCUT2D eigenvalue weighted by atomic mass is 9.90. The highest BCUT2D eigenvalue weighted by Gasteiger charge is 2.21. The summed E-state index contributed by atoms with van der Waals surface area (Å²) in [5.74, 6) is 1.55. The van der Waals surface area contributed by atoms with Gasteiger partial charge in [-0.2, -0.15) is 0 Å². The zero-order valence-corrected chi connectivity index (χ0v) is 16.2. The van der Waals surface area contributed by atoms with Gasteiger partial charge in [0.05, 0.1) is 11.9 Å². The first-order chi connectivity index (χ1) is 12.6. The van der Waals surface area contributed by atoms with E-state index in [0.717, 1.165) is 47.2 Å². The lowest BCUT2D eigenvalue weighted by molar-refractivity contribution is 0.173. The number of aromatic nitrogens is 2. The summed E-state index contributed by atoms with van der Waals surface area (Å²) >= 11 is 1.62. The molecule has 2 aromatic heterocycles. The number of aromatic amines is 1. The fourth-order valence-corrected chi connectivity index (χ4v) is 4.93. The quantitative estimate of drug-likeness (QED) is 0.757. The standard InChI is InChI=1S/C21H25N3OS/c1-14-15(2)26-21-19(14)20(25)22-18(23-21)13-24-10-8-17(9-11-24)12-16-6-4-3-5-7-16/h3-7,17H,8-13H2,1-2H3,(H,22,23,25). The maximum atomic E-state index is 12.4. The number of likely N-dealkylation sites (tertiary alicyclic amines) is 1. The molecule has 3 aromatic rings. The molecule has 1 aromatic carbocycles. The van der Waals surface area contributed by atoms with Crippen LogP contribution in [-0.4, -0.2) is 28.0 Å². The van der Waals surface area contributed by atoms with Crippen LogP contribution in [0.15, 0.2) is 35.1 Å². The largest absolute Gasteiger partial charge is 0.309 e.